The summed E-state index contributed by atoms with van der Waals surface area (Å²) in [6, 6.07) is 28.5. The lowest BCUT2D eigenvalue weighted by atomic mass is 10.1. The van der Waals surface area contributed by atoms with Crippen LogP contribution in [0.2, 0.25) is 0 Å². The summed E-state index contributed by atoms with van der Waals surface area (Å²) in [6.45, 7) is 4.12. The molecule has 1 aliphatic rings. The lowest BCUT2D eigenvalue weighted by molar-refractivity contribution is -0.113. The predicted molar refractivity (Wildman–Crippen MR) is 141 cm³/mol. The van der Waals surface area contributed by atoms with E-state index in [0.717, 1.165) is 28.1 Å². The number of carbonyl (C=O) groups excluding carboxylic acids is 2. The van der Waals surface area contributed by atoms with Crippen LogP contribution in [0.15, 0.2) is 107 Å². The summed E-state index contributed by atoms with van der Waals surface area (Å²) in [5.74, 6) is 0.743. The van der Waals surface area contributed by atoms with E-state index in [1.54, 1.807) is 30.0 Å². The summed E-state index contributed by atoms with van der Waals surface area (Å²) in [5, 5.41) is 0. The van der Waals surface area contributed by atoms with Crippen molar-refractivity contribution in [3.05, 3.63) is 125 Å². The van der Waals surface area contributed by atoms with E-state index in [4.69, 9.17) is 9.15 Å². The molecule has 1 aromatic heterocycles. The molecular weight excluding hydrogens is 450 g/mol. The zero-order valence-corrected chi connectivity index (χ0v) is 20.1. The van der Waals surface area contributed by atoms with Crippen LogP contribution in [0, 0.1) is 6.92 Å². The first-order chi connectivity index (χ1) is 17.5. The largest absolute Gasteiger partial charge is 0.462 e. The van der Waals surface area contributed by atoms with Crippen LogP contribution in [0.1, 0.15) is 34.2 Å². The van der Waals surface area contributed by atoms with Crippen LogP contribution in [-0.4, -0.2) is 18.5 Å². The van der Waals surface area contributed by atoms with Crippen LogP contribution in [0.3, 0.4) is 0 Å². The third-order valence-corrected chi connectivity index (χ3v) is 5.92. The van der Waals surface area contributed by atoms with Gasteiger partial charge >= 0.3 is 5.97 Å². The molecule has 5 heteroatoms. The maximum absolute atomic E-state index is 13.6. The van der Waals surface area contributed by atoms with E-state index in [1.807, 2.05) is 91.9 Å². The van der Waals surface area contributed by atoms with Gasteiger partial charge in [-0.25, -0.2) is 4.79 Å². The van der Waals surface area contributed by atoms with Gasteiger partial charge in [-0.3, -0.25) is 9.69 Å². The van der Waals surface area contributed by atoms with Gasteiger partial charge in [0.1, 0.15) is 11.5 Å². The van der Waals surface area contributed by atoms with E-state index < -0.39 is 0 Å². The van der Waals surface area contributed by atoms with Crippen molar-refractivity contribution in [2.24, 2.45) is 0 Å². The summed E-state index contributed by atoms with van der Waals surface area (Å²) in [6.07, 6.45) is 3.66. The predicted octanol–water partition coefficient (Wildman–Crippen LogP) is 6.90. The first-order valence-corrected chi connectivity index (χ1v) is 11.8. The molecule has 0 aliphatic carbocycles. The number of carbonyl (C=O) groups is 2. The quantitative estimate of drug-likeness (QED) is 0.225. The van der Waals surface area contributed by atoms with E-state index in [9.17, 15) is 9.59 Å². The van der Waals surface area contributed by atoms with Crippen molar-refractivity contribution < 1.29 is 18.7 Å². The molecule has 0 radical (unpaired) electrons. The van der Waals surface area contributed by atoms with Crippen molar-refractivity contribution in [1.82, 2.24) is 0 Å². The molecule has 1 amide bonds. The molecule has 0 spiro atoms. The van der Waals surface area contributed by atoms with Gasteiger partial charge in [0.25, 0.3) is 5.91 Å². The van der Waals surface area contributed by atoms with Gasteiger partial charge in [-0.1, -0.05) is 54.6 Å². The van der Waals surface area contributed by atoms with E-state index in [1.165, 1.54) is 0 Å². The first kappa shape index (κ1) is 23.1. The van der Waals surface area contributed by atoms with E-state index in [2.05, 4.69) is 0 Å². The normalized spacial score (nSPS) is 14.3. The van der Waals surface area contributed by atoms with Crippen molar-refractivity contribution in [2.45, 2.75) is 13.8 Å². The van der Waals surface area contributed by atoms with Crippen LogP contribution in [0.25, 0.3) is 23.1 Å². The number of ether oxygens (including phenoxy) is 1. The van der Waals surface area contributed by atoms with E-state index in [-0.39, 0.29) is 11.9 Å². The van der Waals surface area contributed by atoms with Crippen LogP contribution in [0.5, 0.6) is 0 Å². The molecule has 0 bridgehead atoms. The van der Waals surface area contributed by atoms with Crippen molar-refractivity contribution in [3.8, 4) is 11.3 Å². The van der Waals surface area contributed by atoms with E-state index in [0.29, 0.717) is 29.3 Å². The molecule has 2 heterocycles. The van der Waals surface area contributed by atoms with Gasteiger partial charge in [0, 0.05) is 16.8 Å². The number of esters is 1. The topological polar surface area (TPSA) is 59.8 Å². The number of amides is 1. The highest BCUT2D eigenvalue weighted by atomic mass is 16.5. The van der Waals surface area contributed by atoms with Crippen LogP contribution < -0.4 is 4.90 Å². The van der Waals surface area contributed by atoms with Crippen LogP contribution in [-0.2, 0) is 9.53 Å². The van der Waals surface area contributed by atoms with Gasteiger partial charge < -0.3 is 9.15 Å². The summed E-state index contributed by atoms with van der Waals surface area (Å²) in [5.41, 5.74) is 5.52. The number of nitrogens with zero attached hydrogens (tertiary/aromatic N) is 1. The Morgan fingerprint density at radius 1 is 0.917 bits per heavy atom. The number of aryl methyl sites for hydroxylation is 1. The average Bonchev–Trinajstić information content (AvgIpc) is 3.49. The van der Waals surface area contributed by atoms with Gasteiger partial charge in [-0.2, -0.15) is 0 Å². The zero-order chi connectivity index (χ0) is 25.1. The SMILES string of the molecule is CCOC(=O)c1ccc(-c2ccc(/C=C3\C=C(c4ccccc4)N(c4cccc(C)c4)C3=O)o2)cc1. The number of furan rings is 1. The molecule has 0 N–H and O–H groups in total. The maximum atomic E-state index is 13.6. The number of rotatable bonds is 6. The minimum atomic E-state index is -0.354. The molecule has 1 aliphatic heterocycles. The Morgan fingerprint density at radius 2 is 1.69 bits per heavy atom. The fraction of sp³-hybridized carbons (Fsp3) is 0.0968. The van der Waals surface area contributed by atoms with Crippen molar-refractivity contribution in [1.29, 1.82) is 0 Å². The molecule has 0 fully saturated rings. The Balaban J connectivity index is 1.46. The molecule has 0 saturated heterocycles. The molecule has 0 unspecified atom stereocenters. The standard InChI is InChI=1S/C31H25NO4/c1-3-35-31(34)24-14-12-23(13-15-24)29-17-16-27(36-29)19-25-20-28(22-9-5-4-6-10-22)32(30(25)33)26-11-7-8-21(2)18-26/h4-20H,3H2,1-2H3/b25-19+. The second kappa shape index (κ2) is 9.92. The van der Waals surface area contributed by atoms with Gasteiger partial charge in [-0.15, -0.1) is 0 Å². The molecule has 178 valence electrons. The molecule has 0 saturated carbocycles. The van der Waals surface area contributed by atoms with Gasteiger partial charge in [-0.05, 0) is 73.5 Å². The second-order valence-corrected chi connectivity index (χ2v) is 8.47. The zero-order valence-electron chi connectivity index (χ0n) is 20.1. The van der Waals surface area contributed by atoms with Crippen molar-refractivity contribution in [2.75, 3.05) is 11.5 Å². The lowest BCUT2D eigenvalue weighted by Gasteiger charge is -2.21. The Labute approximate surface area is 209 Å². The van der Waals surface area contributed by atoms with Crippen molar-refractivity contribution in [3.63, 3.8) is 0 Å². The summed E-state index contributed by atoms with van der Waals surface area (Å²) >= 11 is 0. The Kier molecular flexibility index (Phi) is 6.37. The Bertz CT molecular complexity index is 1480. The second-order valence-electron chi connectivity index (χ2n) is 8.47. The Morgan fingerprint density at radius 3 is 2.42 bits per heavy atom. The number of benzene rings is 3. The first-order valence-electron chi connectivity index (χ1n) is 11.8. The fourth-order valence-electron chi connectivity index (χ4n) is 4.18. The van der Waals surface area contributed by atoms with Gasteiger partial charge in [0.15, 0.2) is 0 Å². The molecule has 5 rings (SSSR count). The third-order valence-electron chi connectivity index (χ3n) is 5.92. The Hall–Kier alpha value is -4.64. The van der Waals surface area contributed by atoms with E-state index >= 15 is 0 Å². The molecular formula is C31H25NO4. The minimum Gasteiger partial charge on any atom is -0.462 e. The highest BCUT2D eigenvalue weighted by Gasteiger charge is 2.30. The molecule has 3 aromatic carbocycles. The number of anilines is 1. The summed E-state index contributed by atoms with van der Waals surface area (Å²) in [4.78, 5) is 27.2. The molecule has 0 atom stereocenters. The molecule has 4 aromatic rings. The van der Waals surface area contributed by atoms with Crippen LogP contribution in [0.4, 0.5) is 5.69 Å². The summed E-state index contributed by atoms with van der Waals surface area (Å²) in [7, 11) is 0. The molecule has 5 nitrogen and oxygen atoms in total. The highest BCUT2D eigenvalue weighted by molar-refractivity contribution is 6.23. The number of hydrogen-bond acceptors (Lipinski definition) is 4. The summed E-state index contributed by atoms with van der Waals surface area (Å²) < 4.78 is 11.1. The third kappa shape index (κ3) is 4.64. The van der Waals surface area contributed by atoms with Gasteiger partial charge in [0.05, 0.1) is 17.9 Å². The maximum Gasteiger partial charge on any atom is 0.338 e. The minimum absolute atomic E-state index is 0.115. The van der Waals surface area contributed by atoms with Crippen LogP contribution >= 0.6 is 0 Å². The smallest absolute Gasteiger partial charge is 0.338 e. The highest BCUT2D eigenvalue weighted by Crippen LogP contribution is 2.36. The fourth-order valence-corrected chi connectivity index (χ4v) is 4.18. The van der Waals surface area contributed by atoms with Gasteiger partial charge in [0.2, 0.25) is 0 Å². The molecule has 36 heavy (non-hydrogen) atoms. The monoisotopic (exact) mass is 475 g/mol. The number of hydrogen-bond donors (Lipinski definition) is 0. The lowest BCUT2D eigenvalue weighted by Crippen LogP contribution is -2.24. The van der Waals surface area contributed by atoms with Crippen molar-refractivity contribution >= 4 is 29.3 Å². The average molecular weight is 476 g/mol.